The highest BCUT2D eigenvalue weighted by Gasteiger charge is 2.28. The van der Waals surface area contributed by atoms with Crippen LogP contribution in [0.4, 0.5) is 0 Å². The zero-order valence-corrected chi connectivity index (χ0v) is 12.0. The molecule has 0 aromatic heterocycles. The zero-order chi connectivity index (χ0) is 13.1. The van der Waals surface area contributed by atoms with Crippen LogP contribution in [0.3, 0.4) is 0 Å². The normalized spacial score (nSPS) is 20.5. The van der Waals surface area contributed by atoms with Gasteiger partial charge in [0.05, 0.1) is 12.5 Å². The minimum absolute atomic E-state index is 0. The first kappa shape index (κ1) is 17.2. The number of hydrogen-bond acceptors (Lipinski definition) is 3. The molecule has 1 unspecified atom stereocenters. The van der Waals surface area contributed by atoms with Crippen molar-refractivity contribution >= 4 is 24.2 Å². The number of halogens is 1. The van der Waals surface area contributed by atoms with Gasteiger partial charge in [0.1, 0.15) is 0 Å². The smallest absolute Gasteiger partial charge is 0.240 e. The molecule has 1 heterocycles. The van der Waals surface area contributed by atoms with E-state index in [2.05, 4.69) is 13.8 Å². The van der Waals surface area contributed by atoms with Crippen LogP contribution in [0.25, 0.3) is 0 Å². The molecule has 1 aliphatic heterocycles. The largest absolute Gasteiger partial charge is 0.370 e. The number of carbonyl (C=O) groups excluding carboxylic acids is 2. The summed E-state index contributed by atoms with van der Waals surface area (Å²) in [5.74, 6) is -0.678. The molecule has 6 heteroatoms. The second-order valence-corrected chi connectivity index (χ2v) is 5.62. The van der Waals surface area contributed by atoms with Crippen molar-refractivity contribution in [3.63, 3.8) is 0 Å². The lowest BCUT2D eigenvalue weighted by atomic mass is 9.85. The predicted molar refractivity (Wildman–Crippen MR) is 73.2 cm³/mol. The van der Waals surface area contributed by atoms with E-state index in [0.29, 0.717) is 0 Å². The van der Waals surface area contributed by atoms with Crippen LogP contribution in [0.2, 0.25) is 0 Å². The Bertz CT molecular complexity index is 308. The Morgan fingerprint density at radius 3 is 2.44 bits per heavy atom. The summed E-state index contributed by atoms with van der Waals surface area (Å²) in [6, 6.07) is -0.784. The molecule has 4 N–H and O–H groups in total. The van der Waals surface area contributed by atoms with E-state index in [1.165, 1.54) is 0 Å². The van der Waals surface area contributed by atoms with Gasteiger partial charge < -0.3 is 16.4 Å². The molecule has 106 valence electrons. The minimum Gasteiger partial charge on any atom is -0.370 e. The Morgan fingerprint density at radius 1 is 1.28 bits per heavy atom. The van der Waals surface area contributed by atoms with Gasteiger partial charge in [0, 0.05) is 13.1 Å². The maximum atomic E-state index is 12.0. The number of rotatable bonds is 3. The molecule has 1 aliphatic rings. The second kappa shape index (κ2) is 6.95. The van der Waals surface area contributed by atoms with Gasteiger partial charge in [-0.3, -0.25) is 9.59 Å². The first-order valence-electron chi connectivity index (χ1n) is 6.14. The number of carbonyl (C=O) groups is 2. The Balaban J connectivity index is 0.00000289. The monoisotopic (exact) mass is 277 g/mol. The van der Waals surface area contributed by atoms with Gasteiger partial charge in [-0.25, -0.2) is 0 Å². The van der Waals surface area contributed by atoms with E-state index in [1.54, 1.807) is 4.90 Å². The van der Waals surface area contributed by atoms with Gasteiger partial charge in [-0.1, -0.05) is 13.8 Å². The molecule has 0 spiro atoms. The summed E-state index contributed by atoms with van der Waals surface area (Å²) in [4.78, 5) is 24.5. The molecular weight excluding hydrogens is 254 g/mol. The zero-order valence-electron chi connectivity index (χ0n) is 11.1. The van der Waals surface area contributed by atoms with Crippen LogP contribution in [0.1, 0.15) is 39.5 Å². The van der Waals surface area contributed by atoms with Crippen LogP contribution >= 0.6 is 12.4 Å². The molecule has 0 saturated carbocycles. The standard InChI is InChI=1S/C12H23N3O2.ClH/c1-12(2)4-3-6-15(7-5-12)11(17)9(13)8-10(14)16;/h9H,3-8,13H2,1-2H3,(H2,14,16);1H. The van der Waals surface area contributed by atoms with Gasteiger partial charge in [0.25, 0.3) is 0 Å². The molecule has 1 rings (SSSR count). The van der Waals surface area contributed by atoms with E-state index >= 15 is 0 Å². The van der Waals surface area contributed by atoms with Gasteiger partial charge in [-0.2, -0.15) is 0 Å². The van der Waals surface area contributed by atoms with Crippen molar-refractivity contribution in [2.75, 3.05) is 13.1 Å². The third-order valence-corrected chi connectivity index (χ3v) is 3.39. The van der Waals surface area contributed by atoms with Crippen molar-refractivity contribution < 1.29 is 9.59 Å². The van der Waals surface area contributed by atoms with E-state index in [0.717, 1.165) is 32.4 Å². The van der Waals surface area contributed by atoms with Crippen molar-refractivity contribution in [1.29, 1.82) is 0 Å². The van der Waals surface area contributed by atoms with Crippen LogP contribution in [-0.4, -0.2) is 35.8 Å². The molecule has 0 aliphatic carbocycles. The van der Waals surface area contributed by atoms with Gasteiger partial charge in [-0.05, 0) is 24.7 Å². The molecule has 1 fully saturated rings. The molecular formula is C12H24ClN3O2. The number of nitrogens with zero attached hydrogens (tertiary/aromatic N) is 1. The number of amides is 2. The number of nitrogens with two attached hydrogens (primary N) is 2. The van der Waals surface area contributed by atoms with E-state index in [-0.39, 0.29) is 30.2 Å². The Morgan fingerprint density at radius 2 is 1.89 bits per heavy atom. The maximum Gasteiger partial charge on any atom is 0.240 e. The van der Waals surface area contributed by atoms with Gasteiger partial charge in [-0.15, -0.1) is 12.4 Å². The van der Waals surface area contributed by atoms with Crippen LogP contribution in [0.15, 0.2) is 0 Å². The predicted octanol–water partition coefficient (Wildman–Crippen LogP) is 0.650. The molecule has 1 saturated heterocycles. The summed E-state index contributed by atoms with van der Waals surface area (Å²) < 4.78 is 0. The fourth-order valence-electron chi connectivity index (χ4n) is 2.18. The third kappa shape index (κ3) is 5.23. The average molecular weight is 278 g/mol. The molecule has 1 atom stereocenters. The first-order valence-corrected chi connectivity index (χ1v) is 6.14. The Hall–Kier alpha value is -0.810. The van der Waals surface area contributed by atoms with Crippen LogP contribution in [0, 0.1) is 5.41 Å². The summed E-state index contributed by atoms with van der Waals surface area (Å²) in [5.41, 5.74) is 11.0. The third-order valence-electron chi connectivity index (χ3n) is 3.39. The van der Waals surface area contributed by atoms with Crippen molar-refractivity contribution in [3.05, 3.63) is 0 Å². The Labute approximate surface area is 115 Å². The van der Waals surface area contributed by atoms with Crippen molar-refractivity contribution in [2.24, 2.45) is 16.9 Å². The molecule has 0 radical (unpaired) electrons. The summed E-state index contributed by atoms with van der Waals surface area (Å²) >= 11 is 0. The molecule has 0 bridgehead atoms. The van der Waals surface area contributed by atoms with Crippen LogP contribution in [-0.2, 0) is 9.59 Å². The minimum atomic E-state index is -0.784. The summed E-state index contributed by atoms with van der Waals surface area (Å²) in [6.07, 6.45) is 3.00. The summed E-state index contributed by atoms with van der Waals surface area (Å²) in [6.45, 7) is 5.88. The van der Waals surface area contributed by atoms with E-state index < -0.39 is 11.9 Å². The van der Waals surface area contributed by atoms with E-state index in [4.69, 9.17) is 11.5 Å². The number of primary amides is 1. The van der Waals surface area contributed by atoms with Gasteiger partial charge in [0.15, 0.2) is 0 Å². The van der Waals surface area contributed by atoms with Gasteiger partial charge in [0.2, 0.25) is 11.8 Å². The summed E-state index contributed by atoms with van der Waals surface area (Å²) in [5, 5.41) is 0. The van der Waals surface area contributed by atoms with E-state index in [1.807, 2.05) is 0 Å². The fourth-order valence-corrected chi connectivity index (χ4v) is 2.18. The summed E-state index contributed by atoms with van der Waals surface area (Å²) in [7, 11) is 0. The lowest BCUT2D eigenvalue weighted by molar-refractivity contribution is -0.134. The van der Waals surface area contributed by atoms with Gasteiger partial charge >= 0.3 is 0 Å². The van der Waals surface area contributed by atoms with Crippen molar-refractivity contribution in [1.82, 2.24) is 4.90 Å². The lowest BCUT2D eigenvalue weighted by Crippen LogP contribution is -2.46. The quantitative estimate of drug-likeness (QED) is 0.794. The molecule has 5 nitrogen and oxygen atoms in total. The molecule has 18 heavy (non-hydrogen) atoms. The molecule has 2 amide bonds. The SMILES string of the molecule is CC1(C)CCCN(C(=O)C(N)CC(N)=O)CC1.Cl. The molecule has 0 aromatic carbocycles. The molecule has 0 aromatic rings. The average Bonchev–Trinajstić information content (AvgIpc) is 2.37. The highest BCUT2D eigenvalue weighted by atomic mass is 35.5. The highest BCUT2D eigenvalue weighted by Crippen LogP contribution is 2.29. The van der Waals surface area contributed by atoms with Crippen LogP contribution in [0.5, 0.6) is 0 Å². The number of likely N-dealkylation sites (tertiary alicyclic amines) is 1. The highest BCUT2D eigenvalue weighted by molar-refractivity contribution is 5.87. The fraction of sp³-hybridized carbons (Fsp3) is 0.833. The lowest BCUT2D eigenvalue weighted by Gasteiger charge is -2.25. The van der Waals surface area contributed by atoms with E-state index in [9.17, 15) is 9.59 Å². The topological polar surface area (TPSA) is 89.4 Å². The van der Waals surface area contributed by atoms with Crippen molar-refractivity contribution in [2.45, 2.75) is 45.6 Å². The first-order chi connectivity index (χ1) is 7.82. The maximum absolute atomic E-state index is 12.0. The second-order valence-electron chi connectivity index (χ2n) is 5.62. The van der Waals surface area contributed by atoms with Crippen molar-refractivity contribution in [3.8, 4) is 0 Å². The van der Waals surface area contributed by atoms with Crippen LogP contribution < -0.4 is 11.5 Å². The number of hydrogen-bond donors (Lipinski definition) is 2. The Kier molecular flexibility index (Phi) is 6.63.